The number of unbranched alkanes of at least 4 members (excludes halogenated alkanes) is 1. The first-order valence-electron chi connectivity index (χ1n) is 12.4. The molecule has 0 amide bonds. The van der Waals surface area contributed by atoms with Crippen molar-refractivity contribution < 1.29 is 17.9 Å². The van der Waals surface area contributed by atoms with Gasteiger partial charge < -0.3 is 10.1 Å². The van der Waals surface area contributed by atoms with Crippen molar-refractivity contribution in [2.24, 2.45) is 0 Å². The molecule has 2 unspecified atom stereocenters. The second kappa shape index (κ2) is 11.5. The van der Waals surface area contributed by atoms with E-state index in [1.165, 1.54) is 24.8 Å². The van der Waals surface area contributed by atoms with Crippen molar-refractivity contribution in [1.29, 1.82) is 0 Å². The predicted octanol–water partition coefficient (Wildman–Crippen LogP) is 7.73. The molecule has 0 aliphatic heterocycles. The van der Waals surface area contributed by atoms with Crippen LogP contribution in [0, 0.1) is 0 Å². The Morgan fingerprint density at radius 1 is 0.973 bits per heavy atom. The van der Waals surface area contributed by atoms with Crippen LogP contribution >= 0.6 is 9.24 Å². The molecule has 3 aromatic carbocycles. The standard InChI is InChI=1S/C29H31F3N3OP/c1-4-6-11-19-18(13-10-17-25(19)37)23(5-2)33-28-21-14-9-16-24(36-3)26(21)34-27(35-28)20-12-7-8-15-22(20)29(30,31)32/h7-10,12-17,23H,4-6,11,37H2,1-3H3,(H,33,34,35). The smallest absolute Gasteiger partial charge is 0.417 e. The molecule has 4 aromatic rings. The Morgan fingerprint density at radius 2 is 1.73 bits per heavy atom. The molecule has 0 saturated heterocycles. The summed E-state index contributed by atoms with van der Waals surface area (Å²) >= 11 is 0. The van der Waals surface area contributed by atoms with Crippen LogP contribution in [0.25, 0.3) is 22.3 Å². The Balaban J connectivity index is 1.89. The molecular weight excluding hydrogens is 494 g/mol. The summed E-state index contributed by atoms with van der Waals surface area (Å²) in [6, 6.07) is 17.0. The number of nitrogens with one attached hydrogen (secondary N) is 1. The highest BCUT2D eigenvalue weighted by Crippen LogP contribution is 2.39. The lowest BCUT2D eigenvalue weighted by molar-refractivity contribution is -0.137. The van der Waals surface area contributed by atoms with E-state index in [-0.39, 0.29) is 17.4 Å². The van der Waals surface area contributed by atoms with Crippen molar-refractivity contribution >= 4 is 31.3 Å². The second-order valence-corrected chi connectivity index (χ2v) is 9.54. The quantitative estimate of drug-likeness (QED) is 0.227. The van der Waals surface area contributed by atoms with Gasteiger partial charge in [0, 0.05) is 10.9 Å². The number of alkyl halides is 3. The number of hydrogen-bond acceptors (Lipinski definition) is 4. The van der Waals surface area contributed by atoms with Crippen molar-refractivity contribution in [2.45, 2.75) is 51.7 Å². The summed E-state index contributed by atoms with van der Waals surface area (Å²) in [6.07, 6.45) is -0.673. The van der Waals surface area contributed by atoms with E-state index in [2.05, 4.69) is 50.5 Å². The average molecular weight is 526 g/mol. The van der Waals surface area contributed by atoms with Crippen LogP contribution in [0.15, 0.2) is 60.7 Å². The normalized spacial score (nSPS) is 12.5. The molecule has 0 bridgehead atoms. The average Bonchev–Trinajstić information content (AvgIpc) is 2.90. The van der Waals surface area contributed by atoms with E-state index in [4.69, 9.17) is 4.74 Å². The number of para-hydroxylation sites is 1. The molecule has 0 radical (unpaired) electrons. The number of nitrogens with zero attached hydrogens (tertiary/aromatic N) is 2. The van der Waals surface area contributed by atoms with Gasteiger partial charge >= 0.3 is 6.18 Å². The first-order chi connectivity index (χ1) is 17.8. The molecule has 0 spiro atoms. The van der Waals surface area contributed by atoms with Gasteiger partial charge in [0.2, 0.25) is 0 Å². The number of benzene rings is 3. The van der Waals surface area contributed by atoms with Gasteiger partial charge in [-0.3, -0.25) is 0 Å². The zero-order valence-electron chi connectivity index (χ0n) is 21.2. The van der Waals surface area contributed by atoms with Crippen LogP contribution < -0.4 is 15.4 Å². The highest BCUT2D eigenvalue weighted by atomic mass is 31.0. The van der Waals surface area contributed by atoms with Gasteiger partial charge in [-0.25, -0.2) is 9.97 Å². The van der Waals surface area contributed by atoms with E-state index in [9.17, 15) is 13.2 Å². The van der Waals surface area contributed by atoms with Gasteiger partial charge in [-0.15, -0.1) is 9.24 Å². The molecule has 0 aliphatic carbocycles. The molecule has 0 saturated carbocycles. The maximum atomic E-state index is 13.9. The van der Waals surface area contributed by atoms with Gasteiger partial charge in [0.25, 0.3) is 0 Å². The topological polar surface area (TPSA) is 47.0 Å². The Bertz CT molecular complexity index is 1390. The minimum atomic E-state index is -4.54. The Kier molecular flexibility index (Phi) is 8.33. The number of hydrogen-bond donors (Lipinski definition) is 1. The second-order valence-electron chi connectivity index (χ2n) is 8.92. The third-order valence-corrected chi connectivity index (χ3v) is 7.05. The summed E-state index contributed by atoms with van der Waals surface area (Å²) in [6.45, 7) is 4.25. The molecule has 1 aromatic heterocycles. The minimum absolute atomic E-state index is 0.00622. The molecule has 1 N–H and O–H groups in total. The van der Waals surface area contributed by atoms with Crippen LogP contribution in [-0.2, 0) is 12.6 Å². The summed E-state index contributed by atoms with van der Waals surface area (Å²) in [5.41, 5.74) is 2.03. The fraction of sp³-hybridized carbons (Fsp3) is 0.310. The summed E-state index contributed by atoms with van der Waals surface area (Å²) in [4.78, 5) is 9.21. The summed E-state index contributed by atoms with van der Waals surface area (Å²) in [5.74, 6) is 0.934. The monoisotopic (exact) mass is 525 g/mol. The maximum Gasteiger partial charge on any atom is 0.417 e. The molecular formula is C29H31F3N3OP. The predicted molar refractivity (Wildman–Crippen MR) is 148 cm³/mol. The first kappa shape index (κ1) is 26.9. The molecule has 8 heteroatoms. The number of methoxy groups -OCH3 is 1. The summed E-state index contributed by atoms with van der Waals surface area (Å²) in [7, 11) is 4.35. The number of fused-ring (bicyclic) bond motifs is 1. The molecule has 0 fully saturated rings. The largest absolute Gasteiger partial charge is 0.494 e. The highest BCUT2D eigenvalue weighted by Gasteiger charge is 2.34. The van der Waals surface area contributed by atoms with Gasteiger partial charge in [0.1, 0.15) is 17.1 Å². The zero-order chi connectivity index (χ0) is 26.6. The third kappa shape index (κ3) is 5.72. The van der Waals surface area contributed by atoms with Crippen LogP contribution in [0.4, 0.5) is 19.0 Å². The maximum absolute atomic E-state index is 13.9. The molecule has 194 valence electrons. The van der Waals surface area contributed by atoms with Crippen LogP contribution in [0.5, 0.6) is 5.75 Å². The van der Waals surface area contributed by atoms with Gasteiger partial charge in [0.05, 0.1) is 18.7 Å². The minimum Gasteiger partial charge on any atom is -0.494 e. The van der Waals surface area contributed by atoms with Crippen molar-refractivity contribution in [2.75, 3.05) is 12.4 Å². The number of rotatable bonds is 9. The van der Waals surface area contributed by atoms with E-state index in [1.807, 2.05) is 18.2 Å². The fourth-order valence-electron chi connectivity index (χ4n) is 4.60. The number of halogens is 3. The van der Waals surface area contributed by atoms with E-state index >= 15 is 0 Å². The molecule has 4 rings (SSSR count). The molecule has 2 atom stereocenters. The van der Waals surface area contributed by atoms with E-state index in [0.717, 1.165) is 42.6 Å². The van der Waals surface area contributed by atoms with Crippen LogP contribution in [0.3, 0.4) is 0 Å². The van der Waals surface area contributed by atoms with Crippen molar-refractivity contribution in [3.63, 3.8) is 0 Å². The van der Waals surface area contributed by atoms with Crippen LogP contribution in [0.2, 0.25) is 0 Å². The number of aromatic nitrogens is 2. The number of ether oxygens (including phenoxy) is 1. The molecule has 37 heavy (non-hydrogen) atoms. The van der Waals surface area contributed by atoms with Crippen molar-refractivity contribution in [1.82, 2.24) is 9.97 Å². The van der Waals surface area contributed by atoms with Gasteiger partial charge in [-0.2, -0.15) is 13.2 Å². The lowest BCUT2D eigenvalue weighted by Gasteiger charge is -2.24. The summed E-state index contributed by atoms with van der Waals surface area (Å²) < 4.78 is 47.1. The first-order valence-corrected chi connectivity index (χ1v) is 13.0. The fourth-order valence-corrected chi connectivity index (χ4v) is 5.03. The summed E-state index contributed by atoms with van der Waals surface area (Å²) in [5, 5.41) is 5.39. The highest BCUT2D eigenvalue weighted by molar-refractivity contribution is 7.27. The van der Waals surface area contributed by atoms with Crippen LogP contribution in [0.1, 0.15) is 55.8 Å². The van der Waals surface area contributed by atoms with E-state index in [0.29, 0.717) is 22.5 Å². The lowest BCUT2D eigenvalue weighted by atomic mass is 9.94. The Hall–Kier alpha value is -3.18. The van der Waals surface area contributed by atoms with Gasteiger partial charge in [-0.05, 0) is 53.9 Å². The molecule has 1 heterocycles. The SMILES string of the molecule is CCCCc1c(P)cccc1C(CC)Nc1nc(-c2ccccc2C(F)(F)F)nc2c(OC)cccc12. The number of anilines is 1. The van der Waals surface area contributed by atoms with Crippen LogP contribution in [-0.4, -0.2) is 17.1 Å². The van der Waals surface area contributed by atoms with Crippen molar-refractivity contribution in [3.8, 4) is 17.1 Å². The third-order valence-electron chi connectivity index (χ3n) is 6.51. The van der Waals surface area contributed by atoms with Crippen molar-refractivity contribution in [3.05, 3.63) is 77.4 Å². The van der Waals surface area contributed by atoms with E-state index in [1.54, 1.807) is 12.1 Å². The molecule has 0 aliphatic rings. The Morgan fingerprint density at radius 3 is 2.43 bits per heavy atom. The van der Waals surface area contributed by atoms with E-state index < -0.39 is 11.7 Å². The lowest BCUT2D eigenvalue weighted by Crippen LogP contribution is -2.17. The Labute approximate surface area is 217 Å². The van der Waals surface area contributed by atoms with Gasteiger partial charge in [0.15, 0.2) is 5.82 Å². The molecule has 4 nitrogen and oxygen atoms in total. The van der Waals surface area contributed by atoms with Gasteiger partial charge in [-0.1, -0.05) is 62.7 Å². The zero-order valence-corrected chi connectivity index (χ0v) is 22.3.